The van der Waals surface area contributed by atoms with E-state index >= 15 is 0 Å². The van der Waals surface area contributed by atoms with Crippen molar-refractivity contribution in [1.82, 2.24) is 14.8 Å². The predicted octanol–water partition coefficient (Wildman–Crippen LogP) is 2.14. The number of amides is 2. The second kappa shape index (κ2) is 8.68. The molecule has 2 amide bonds. The third kappa shape index (κ3) is 5.06. The third-order valence-corrected chi connectivity index (χ3v) is 7.52. The van der Waals surface area contributed by atoms with Crippen LogP contribution in [-0.2, 0) is 26.0 Å². The number of rotatable bonds is 5. The van der Waals surface area contributed by atoms with Crippen molar-refractivity contribution in [3.63, 3.8) is 0 Å². The Hall–Kier alpha value is -2.17. The van der Waals surface area contributed by atoms with Crippen molar-refractivity contribution in [2.45, 2.75) is 25.2 Å². The molecule has 3 rings (SSSR count). The van der Waals surface area contributed by atoms with Gasteiger partial charge < -0.3 is 9.80 Å². The lowest BCUT2D eigenvalue weighted by Gasteiger charge is -2.34. The summed E-state index contributed by atoms with van der Waals surface area (Å²) in [6, 6.07) is 4.67. The van der Waals surface area contributed by atoms with Crippen LogP contribution in [0.15, 0.2) is 28.5 Å². The second-order valence-corrected chi connectivity index (χ2v) is 9.59. The van der Waals surface area contributed by atoms with Gasteiger partial charge >= 0.3 is 0 Å². The monoisotopic (exact) mass is 456 g/mol. The highest BCUT2D eigenvalue weighted by molar-refractivity contribution is 7.93. The summed E-state index contributed by atoms with van der Waals surface area (Å²) in [6.07, 6.45) is 0.0779. The number of piperazine rings is 1. The van der Waals surface area contributed by atoms with E-state index in [-0.39, 0.29) is 28.3 Å². The second-order valence-electron chi connectivity index (χ2n) is 6.68. The molecule has 0 unspecified atom stereocenters. The first-order valence-corrected chi connectivity index (χ1v) is 11.7. The van der Waals surface area contributed by atoms with Gasteiger partial charge in [-0.15, -0.1) is 11.3 Å². The van der Waals surface area contributed by atoms with Crippen molar-refractivity contribution in [2.24, 2.45) is 0 Å². The van der Waals surface area contributed by atoms with Crippen molar-refractivity contribution in [1.29, 1.82) is 0 Å². The summed E-state index contributed by atoms with van der Waals surface area (Å²) < 4.78 is 27.7. The number of thiazole rings is 1. The Bertz CT molecular complexity index is 1030. The van der Waals surface area contributed by atoms with Crippen LogP contribution in [0, 0.1) is 6.92 Å². The Morgan fingerprint density at radius 1 is 1.21 bits per heavy atom. The molecule has 1 aromatic heterocycles. The Morgan fingerprint density at radius 2 is 1.86 bits per heavy atom. The number of anilines is 1. The van der Waals surface area contributed by atoms with E-state index in [0.29, 0.717) is 42.5 Å². The van der Waals surface area contributed by atoms with Gasteiger partial charge in [-0.25, -0.2) is 13.4 Å². The molecule has 156 valence electrons. The SMILES string of the molecule is CC(=O)N1CCN(C(=O)Cc2csc(NS(=O)(=O)c3cccc(Cl)c3C)n2)CC1. The van der Waals surface area contributed by atoms with E-state index in [0.717, 1.165) is 11.3 Å². The molecule has 8 nitrogen and oxygen atoms in total. The van der Waals surface area contributed by atoms with Gasteiger partial charge in [0.25, 0.3) is 10.0 Å². The van der Waals surface area contributed by atoms with Gasteiger partial charge in [-0.2, -0.15) is 0 Å². The zero-order valence-corrected chi connectivity index (χ0v) is 18.4. The molecule has 0 radical (unpaired) electrons. The molecule has 0 saturated carbocycles. The largest absolute Gasteiger partial charge is 0.339 e. The fourth-order valence-corrected chi connectivity index (χ4v) is 5.48. The minimum atomic E-state index is -3.84. The van der Waals surface area contributed by atoms with Crippen LogP contribution in [-0.4, -0.2) is 61.2 Å². The molecule has 11 heteroatoms. The number of benzene rings is 1. The van der Waals surface area contributed by atoms with Crippen LogP contribution in [0.3, 0.4) is 0 Å². The van der Waals surface area contributed by atoms with E-state index in [1.54, 1.807) is 34.2 Å². The number of hydrogen-bond acceptors (Lipinski definition) is 6. The van der Waals surface area contributed by atoms with Crippen molar-refractivity contribution < 1.29 is 18.0 Å². The number of sulfonamides is 1. The summed E-state index contributed by atoms with van der Waals surface area (Å²) in [5.74, 6) is -0.0953. The third-order valence-electron chi connectivity index (χ3n) is 4.69. The van der Waals surface area contributed by atoms with Crippen LogP contribution >= 0.6 is 22.9 Å². The lowest BCUT2D eigenvalue weighted by atomic mass is 10.2. The van der Waals surface area contributed by atoms with Gasteiger partial charge in [0.2, 0.25) is 11.8 Å². The maximum Gasteiger partial charge on any atom is 0.263 e. The smallest absolute Gasteiger partial charge is 0.263 e. The summed E-state index contributed by atoms with van der Waals surface area (Å²) >= 11 is 7.13. The van der Waals surface area contributed by atoms with Crippen LogP contribution in [0.4, 0.5) is 5.13 Å². The number of carbonyl (C=O) groups is 2. The molecule has 2 aromatic rings. The van der Waals surface area contributed by atoms with Crippen molar-refractivity contribution in [3.8, 4) is 0 Å². The van der Waals surface area contributed by atoms with E-state index in [4.69, 9.17) is 11.6 Å². The van der Waals surface area contributed by atoms with Gasteiger partial charge in [-0.1, -0.05) is 17.7 Å². The molecule has 1 N–H and O–H groups in total. The molecular formula is C18H21ClN4O4S2. The van der Waals surface area contributed by atoms with Crippen LogP contribution < -0.4 is 4.72 Å². The Labute approximate surface area is 178 Å². The van der Waals surface area contributed by atoms with Crippen LogP contribution in [0.25, 0.3) is 0 Å². The zero-order valence-electron chi connectivity index (χ0n) is 16.0. The average Bonchev–Trinajstić information content (AvgIpc) is 3.09. The number of nitrogens with zero attached hydrogens (tertiary/aromatic N) is 3. The predicted molar refractivity (Wildman–Crippen MR) is 112 cm³/mol. The minimum absolute atomic E-state index is 0.00321. The lowest BCUT2D eigenvalue weighted by Crippen LogP contribution is -2.50. The molecule has 1 aliphatic rings. The first-order chi connectivity index (χ1) is 13.7. The van der Waals surface area contributed by atoms with Gasteiger partial charge in [0, 0.05) is 43.5 Å². The van der Waals surface area contributed by atoms with Gasteiger partial charge in [-0.3, -0.25) is 14.3 Å². The number of aromatic nitrogens is 1. The maximum absolute atomic E-state index is 12.6. The van der Waals surface area contributed by atoms with Crippen molar-refractivity contribution in [2.75, 3.05) is 30.9 Å². The fraction of sp³-hybridized carbons (Fsp3) is 0.389. The molecule has 0 bridgehead atoms. The number of halogens is 1. The summed E-state index contributed by atoms with van der Waals surface area (Å²) in [7, 11) is -3.84. The Balaban J connectivity index is 1.63. The van der Waals surface area contributed by atoms with E-state index in [1.807, 2.05) is 0 Å². The van der Waals surface area contributed by atoms with Gasteiger partial charge in [0.05, 0.1) is 17.0 Å². The maximum atomic E-state index is 12.6. The number of hydrogen-bond donors (Lipinski definition) is 1. The fourth-order valence-electron chi connectivity index (χ4n) is 3.02. The van der Waals surface area contributed by atoms with Crippen LogP contribution in [0.1, 0.15) is 18.2 Å². The molecule has 0 atom stereocenters. The van der Waals surface area contributed by atoms with Gasteiger partial charge in [0.1, 0.15) is 0 Å². The molecule has 29 heavy (non-hydrogen) atoms. The van der Waals surface area contributed by atoms with Gasteiger partial charge in [-0.05, 0) is 24.6 Å². The number of carbonyl (C=O) groups excluding carboxylic acids is 2. The first kappa shape index (κ1) is 21.5. The lowest BCUT2D eigenvalue weighted by molar-refractivity contribution is -0.138. The number of nitrogens with one attached hydrogen (secondary N) is 1. The highest BCUT2D eigenvalue weighted by Crippen LogP contribution is 2.26. The molecule has 1 saturated heterocycles. The van der Waals surface area contributed by atoms with E-state index in [2.05, 4.69) is 9.71 Å². The molecular weight excluding hydrogens is 436 g/mol. The van der Waals surface area contributed by atoms with Crippen molar-refractivity contribution >= 4 is 49.9 Å². The zero-order chi connectivity index (χ0) is 21.2. The van der Waals surface area contributed by atoms with Crippen molar-refractivity contribution in [3.05, 3.63) is 39.9 Å². The summed E-state index contributed by atoms with van der Waals surface area (Å²) in [4.78, 5) is 31.6. The highest BCUT2D eigenvalue weighted by atomic mass is 35.5. The summed E-state index contributed by atoms with van der Waals surface area (Å²) in [5, 5.41) is 2.21. The standard InChI is InChI=1S/C18H21ClN4O4S2/c1-12-15(19)4-3-5-16(12)29(26,27)21-18-20-14(11-28-18)10-17(25)23-8-6-22(7-9-23)13(2)24/h3-5,11H,6-10H2,1-2H3,(H,20,21). The van der Waals surface area contributed by atoms with E-state index < -0.39 is 10.0 Å². The molecule has 2 heterocycles. The molecule has 1 fully saturated rings. The molecule has 1 aliphatic heterocycles. The quantitative estimate of drug-likeness (QED) is 0.743. The van der Waals surface area contributed by atoms with E-state index in [1.165, 1.54) is 13.0 Å². The molecule has 0 aliphatic carbocycles. The molecule has 1 aromatic carbocycles. The minimum Gasteiger partial charge on any atom is -0.339 e. The van der Waals surface area contributed by atoms with E-state index in [9.17, 15) is 18.0 Å². The Kier molecular flexibility index (Phi) is 6.45. The highest BCUT2D eigenvalue weighted by Gasteiger charge is 2.24. The van der Waals surface area contributed by atoms with Crippen LogP contribution in [0.5, 0.6) is 0 Å². The average molecular weight is 457 g/mol. The first-order valence-electron chi connectivity index (χ1n) is 8.93. The Morgan fingerprint density at radius 3 is 2.52 bits per heavy atom. The summed E-state index contributed by atoms with van der Waals surface area (Å²) in [6.45, 7) is 5.14. The molecule has 0 spiro atoms. The normalized spacial score (nSPS) is 14.7. The topological polar surface area (TPSA) is 99.7 Å². The van der Waals surface area contributed by atoms with Gasteiger partial charge in [0.15, 0.2) is 5.13 Å². The van der Waals surface area contributed by atoms with Crippen LogP contribution in [0.2, 0.25) is 5.02 Å². The summed E-state index contributed by atoms with van der Waals surface area (Å²) in [5.41, 5.74) is 0.952.